The molecule has 114 valence electrons. The van der Waals surface area contributed by atoms with Gasteiger partial charge >= 0.3 is 0 Å². The summed E-state index contributed by atoms with van der Waals surface area (Å²) in [5, 5.41) is 7.04. The molecule has 2 aliphatic rings. The van der Waals surface area contributed by atoms with E-state index < -0.39 is 11.6 Å². The van der Waals surface area contributed by atoms with E-state index in [1.807, 2.05) is 12.1 Å². The average molecular weight is 300 g/mol. The van der Waals surface area contributed by atoms with Crippen LogP contribution in [0.15, 0.2) is 36.4 Å². The first-order chi connectivity index (χ1) is 10.7. The molecular formula is C18H18F2N2. The van der Waals surface area contributed by atoms with Gasteiger partial charge in [0.1, 0.15) is 0 Å². The standard InChI is InChI=1S/C18H18F2N2/c19-14-5-4-11(10-15(14)20)12-2-1-3-17-18(12)13-6-8-21-9-7-16(13)22-17/h1-5,10,13,16,21-22H,6-9H2. The third kappa shape index (κ3) is 2.18. The largest absolute Gasteiger partial charge is 0.381 e. The van der Waals surface area contributed by atoms with Crippen molar-refractivity contribution < 1.29 is 8.78 Å². The summed E-state index contributed by atoms with van der Waals surface area (Å²) < 4.78 is 26.8. The summed E-state index contributed by atoms with van der Waals surface area (Å²) >= 11 is 0. The number of anilines is 1. The van der Waals surface area contributed by atoms with Crippen LogP contribution < -0.4 is 10.6 Å². The molecule has 1 fully saturated rings. The normalized spacial score (nSPS) is 23.4. The van der Waals surface area contributed by atoms with Crippen molar-refractivity contribution in [3.63, 3.8) is 0 Å². The molecule has 0 saturated carbocycles. The first-order valence-electron chi connectivity index (χ1n) is 7.79. The SMILES string of the molecule is Fc1ccc(-c2cccc3c2C2CCNCCC2N3)cc1F. The molecule has 2 heterocycles. The zero-order chi connectivity index (χ0) is 15.1. The van der Waals surface area contributed by atoms with Gasteiger partial charge in [-0.05, 0) is 60.8 Å². The van der Waals surface area contributed by atoms with Crippen molar-refractivity contribution in [3.05, 3.63) is 53.6 Å². The number of benzene rings is 2. The van der Waals surface area contributed by atoms with Crippen LogP contribution in [-0.2, 0) is 0 Å². The first kappa shape index (κ1) is 13.7. The maximum atomic E-state index is 13.6. The van der Waals surface area contributed by atoms with Crippen LogP contribution in [0.3, 0.4) is 0 Å². The van der Waals surface area contributed by atoms with Crippen molar-refractivity contribution in [2.75, 3.05) is 18.4 Å². The summed E-state index contributed by atoms with van der Waals surface area (Å²) in [4.78, 5) is 0. The fourth-order valence-electron chi connectivity index (χ4n) is 3.77. The molecule has 0 bridgehead atoms. The van der Waals surface area contributed by atoms with E-state index >= 15 is 0 Å². The predicted octanol–water partition coefficient (Wildman–Crippen LogP) is 3.89. The van der Waals surface area contributed by atoms with E-state index in [-0.39, 0.29) is 0 Å². The summed E-state index contributed by atoms with van der Waals surface area (Å²) in [5.74, 6) is -1.17. The lowest BCUT2D eigenvalue weighted by Gasteiger charge is -2.18. The Labute approximate surface area is 128 Å². The van der Waals surface area contributed by atoms with Crippen molar-refractivity contribution >= 4 is 5.69 Å². The number of halogens is 2. The van der Waals surface area contributed by atoms with Crippen LogP contribution in [0.4, 0.5) is 14.5 Å². The Balaban J connectivity index is 1.82. The van der Waals surface area contributed by atoms with Crippen LogP contribution >= 0.6 is 0 Å². The number of hydrogen-bond donors (Lipinski definition) is 2. The van der Waals surface area contributed by atoms with Crippen molar-refractivity contribution in [2.24, 2.45) is 0 Å². The summed E-state index contributed by atoms with van der Waals surface area (Å²) in [6.07, 6.45) is 2.14. The maximum absolute atomic E-state index is 13.6. The molecule has 2 unspecified atom stereocenters. The van der Waals surface area contributed by atoms with E-state index in [4.69, 9.17) is 0 Å². The molecule has 1 saturated heterocycles. The van der Waals surface area contributed by atoms with Crippen molar-refractivity contribution in [1.82, 2.24) is 5.32 Å². The molecular weight excluding hydrogens is 282 g/mol. The van der Waals surface area contributed by atoms with E-state index in [0.717, 1.165) is 42.7 Å². The van der Waals surface area contributed by atoms with Gasteiger partial charge in [-0.1, -0.05) is 18.2 Å². The van der Waals surface area contributed by atoms with Crippen LogP contribution in [0.1, 0.15) is 24.3 Å². The van der Waals surface area contributed by atoms with E-state index in [0.29, 0.717) is 12.0 Å². The lowest BCUT2D eigenvalue weighted by molar-refractivity contribution is 0.509. The summed E-state index contributed by atoms with van der Waals surface area (Å²) in [7, 11) is 0. The van der Waals surface area contributed by atoms with Gasteiger partial charge in [0.05, 0.1) is 0 Å². The van der Waals surface area contributed by atoms with Gasteiger partial charge < -0.3 is 10.6 Å². The van der Waals surface area contributed by atoms with Crippen LogP contribution in [0.5, 0.6) is 0 Å². The molecule has 22 heavy (non-hydrogen) atoms. The molecule has 0 radical (unpaired) electrons. The second-order valence-electron chi connectivity index (χ2n) is 6.08. The Morgan fingerprint density at radius 2 is 1.82 bits per heavy atom. The van der Waals surface area contributed by atoms with Crippen LogP contribution in [-0.4, -0.2) is 19.1 Å². The summed E-state index contributed by atoms with van der Waals surface area (Å²) in [5.41, 5.74) is 4.15. The monoisotopic (exact) mass is 300 g/mol. The number of fused-ring (bicyclic) bond motifs is 3. The van der Waals surface area contributed by atoms with Gasteiger partial charge in [0.15, 0.2) is 11.6 Å². The zero-order valence-corrected chi connectivity index (χ0v) is 12.2. The Bertz CT molecular complexity index is 714. The van der Waals surface area contributed by atoms with E-state index in [9.17, 15) is 8.78 Å². The molecule has 2 atom stereocenters. The van der Waals surface area contributed by atoms with Gasteiger partial charge in [0.2, 0.25) is 0 Å². The van der Waals surface area contributed by atoms with Crippen LogP contribution in [0.2, 0.25) is 0 Å². The minimum Gasteiger partial charge on any atom is -0.381 e. The molecule has 2 aromatic rings. The lowest BCUT2D eigenvalue weighted by Crippen LogP contribution is -2.21. The van der Waals surface area contributed by atoms with Gasteiger partial charge in [-0.2, -0.15) is 0 Å². The predicted molar refractivity (Wildman–Crippen MR) is 84.0 cm³/mol. The van der Waals surface area contributed by atoms with Gasteiger partial charge in [-0.3, -0.25) is 0 Å². The maximum Gasteiger partial charge on any atom is 0.159 e. The van der Waals surface area contributed by atoms with Crippen molar-refractivity contribution in [3.8, 4) is 11.1 Å². The molecule has 2 aliphatic heterocycles. The van der Waals surface area contributed by atoms with E-state index in [1.165, 1.54) is 17.7 Å². The van der Waals surface area contributed by atoms with Gasteiger partial charge in [-0.25, -0.2) is 8.78 Å². The fourth-order valence-corrected chi connectivity index (χ4v) is 3.77. The lowest BCUT2D eigenvalue weighted by atomic mass is 9.86. The van der Waals surface area contributed by atoms with E-state index in [2.05, 4.69) is 16.7 Å². The van der Waals surface area contributed by atoms with Crippen LogP contribution in [0, 0.1) is 11.6 Å². The number of hydrogen-bond acceptors (Lipinski definition) is 2. The molecule has 0 aliphatic carbocycles. The summed E-state index contributed by atoms with van der Waals surface area (Å²) in [6, 6.07) is 10.7. The first-order valence-corrected chi connectivity index (χ1v) is 7.79. The average Bonchev–Trinajstić information content (AvgIpc) is 2.72. The van der Waals surface area contributed by atoms with Crippen molar-refractivity contribution in [2.45, 2.75) is 24.8 Å². The number of rotatable bonds is 1. The Hall–Kier alpha value is -1.94. The highest BCUT2D eigenvalue weighted by atomic mass is 19.2. The highest BCUT2D eigenvalue weighted by molar-refractivity contribution is 5.77. The fraction of sp³-hybridized carbons (Fsp3) is 0.333. The quantitative estimate of drug-likeness (QED) is 0.835. The minimum absolute atomic E-state index is 0.425. The third-order valence-corrected chi connectivity index (χ3v) is 4.80. The Morgan fingerprint density at radius 1 is 0.955 bits per heavy atom. The van der Waals surface area contributed by atoms with Gasteiger partial charge in [-0.15, -0.1) is 0 Å². The summed E-state index contributed by atoms with van der Waals surface area (Å²) in [6.45, 7) is 2.01. The molecule has 4 heteroatoms. The molecule has 2 aromatic carbocycles. The second kappa shape index (κ2) is 5.36. The van der Waals surface area contributed by atoms with Gasteiger partial charge in [0, 0.05) is 17.6 Å². The molecule has 0 aromatic heterocycles. The zero-order valence-electron chi connectivity index (χ0n) is 12.2. The Kier molecular flexibility index (Phi) is 3.34. The Morgan fingerprint density at radius 3 is 2.68 bits per heavy atom. The second-order valence-corrected chi connectivity index (χ2v) is 6.08. The van der Waals surface area contributed by atoms with Crippen molar-refractivity contribution in [1.29, 1.82) is 0 Å². The molecule has 0 spiro atoms. The van der Waals surface area contributed by atoms with E-state index in [1.54, 1.807) is 6.07 Å². The topological polar surface area (TPSA) is 24.1 Å². The highest BCUT2D eigenvalue weighted by Gasteiger charge is 2.34. The molecule has 2 nitrogen and oxygen atoms in total. The van der Waals surface area contributed by atoms with Gasteiger partial charge in [0.25, 0.3) is 0 Å². The third-order valence-electron chi connectivity index (χ3n) is 4.80. The minimum atomic E-state index is -0.800. The molecule has 0 amide bonds. The molecule has 4 rings (SSSR count). The number of nitrogens with one attached hydrogen (secondary N) is 2. The smallest absolute Gasteiger partial charge is 0.159 e. The molecule has 2 N–H and O–H groups in total. The highest BCUT2D eigenvalue weighted by Crippen LogP contribution is 2.45. The van der Waals surface area contributed by atoms with Crippen LogP contribution in [0.25, 0.3) is 11.1 Å².